The minimum Gasteiger partial charge on any atom is -0.339 e. The van der Waals surface area contributed by atoms with E-state index in [-0.39, 0.29) is 11.8 Å². The summed E-state index contributed by atoms with van der Waals surface area (Å²) in [6, 6.07) is 13.9. The minimum absolute atomic E-state index is 0.0179. The fraction of sp³-hybridized carbons (Fsp3) is 0.250. The lowest BCUT2D eigenvalue weighted by atomic mass is 9.99. The number of amides is 2. The lowest BCUT2D eigenvalue weighted by Crippen LogP contribution is -2.26. The van der Waals surface area contributed by atoms with Crippen molar-refractivity contribution in [1.82, 2.24) is 9.88 Å². The molecular formula is C20H21N3O2. The first-order valence-electron chi connectivity index (χ1n) is 8.37. The maximum absolute atomic E-state index is 12.4. The molecule has 2 amide bonds. The number of carbonyl (C=O) groups is 2. The molecule has 128 valence electrons. The van der Waals surface area contributed by atoms with Gasteiger partial charge in [-0.3, -0.25) is 9.59 Å². The number of nitrogens with zero attached hydrogens (tertiary/aromatic N) is 2. The Kier molecular flexibility index (Phi) is 5.23. The Bertz CT molecular complexity index is 769. The van der Waals surface area contributed by atoms with Gasteiger partial charge in [0.1, 0.15) is 5.82 Å². The number of likely N-dealkylation sites (tertiary alicyclic amines) is 1. The van der Waals surface area contributed by atoms with Crippen molar-refractivity contribution in [1.29, 1.82) is 0 Å². The predicted octanol–water partition coefficient (Wildman–Crippen LogP) is 3.07. The molecule has 0 aliphatic carbocycles. The van der Waals surface area contributed by atoms with Crippen molar-refractivity contribution in [3.05, 3.63) is 65.9 Å². The highest BCUT2D eigenvalue weighted by molar-refractivity contribution is 5.92. The molecule has 0 bridgehead atoms. The normalized spacial score (nSPS) is 17.0. The standard InChI is InChI=1S/C20H21N3O2/c1-15(24)22-19-9-7-16(13-21-19)8-10-20(25)23-12-11-18(14-23)17-5-3-2-4-6-17/h2-10,13,18H,11-12,14H2,1H3,(H,21,22,24)/b10-8+/t18-/m1/s1. The van der Waals surface area contributed by atoms with Crippen LogP contribution in [-0.4, -0.2) is 34.8 Å². The highest BCUT2D eigenvalue weighted by Crippen LogP contribution is 2.27. The van der Waals surface area contributed by atoms with Crippen molar-refractivity contribution < 1.29 is 9.59 Å². The molecule has 1 N–H and O–H groups in total. The van der Waals surface area contributed by atoms with Crippen LogP contribution in [0.4, 0.5) is 5.82 Å². The van der Waals surface area contributed by atoms with Gasteiger partial charge in [-0.1, -0.05) is 30.3 Å². The number of hydrogen-bond donors (Lipinski definition) is 1. The van der Waals surface area contributed by atoms with Gasteiger partial charge >= 0.3 is 0 Å². The molecule has 1 aliphatic heterocycles. The van der Waals surface area contributed by atoms with Crippen LogP contribution >= 0.6 is 0 Å². The Hall–Kier alpha value is -2.95. The number of anilines is 1. The van der Waals surface area contributed by atoms with Gasteiger partial charge < -0.3 is 10.2 Å². The Morgan fingerprint density at radius 2 is 2.00 bits per heavy atom. The van der Waals surface area contributed by atoms with Gasteiger partial charge in [-0.15, -0.1) is 0 Å². The van der Waals surface area contributed by atoms with E-state index < -0.39 is 0 Å². The molecule has 0 spiro atoms. The zero-order chi connectivity index (χ0) is 17.6. The molecule has 0 saturated carbocycles. The fourth-order valence-electron chi connectivity index (χ4n) is 2.99. The predicted molar refractivity (Wildman–Crippen MR) is 98.0 cm³/mol. The van der Waals surface area contributed by atoms with Crippen molar-refractivity contribution in [2.24, 2.45) is 0 Å². The van der Waals surface area contributed by atoms with Gasteiger partial charge in [0.15, 0.2) is 0 Å². The van der Waals surface area contributed by atoms with Gasteiger partial charge in [-0.2, -0.15) is 0 Å². The second-order valence-electron chi connectivity index (χ2n) is 6.17. The van der Waals surface area contributed by atoms with E-state index in [1.54, 1.807) is 24.4 Å². The zero-order valence-corrected chi connectivity index (χ0v) is 14.2. The van der Waals surface area contributed by atoms with E-state index >= 15 is 0 Å². The molecule has 0 unspecified atom stereocenters. The minimum atomic E-state index is -0.159. The van der Waals surface area contributed by atoms with Crippen LogP contribution in [0.3, 0.4) is 0 Å². The van der Waals surface area contributed by atoms with Gasteiger partial charge in [0.2, 0.25) is 11.8 Å². The molecule has 5 nitrogen and oxygen atoms in total. The Balaban J connectivity index is 1.57. The quantitative estimate of drug-likeness (QED) is 0.874. The summed E-state index contributed by atoms with van der Waals surface area (Å²) in [5.41, 5.74) is 2.11. The zero-order valence-electron chi connectivity index (χ0n) is 14.2. The van der Waals surface area contributed by atoms with E-state index in [9.17, 15) is 9.59 Å². The monoisotopic (exact) mass is 335 g/mol. The molecule has 1 fully saturated rings. The van der Waals surface area contributed by atoms with Gasteiger partial charge in [-0.05, 0) is 35.8 Å². The van der Waals surface area contributed by atoms with Crippen LogP contribution in [0, 0.1) is 0 Å². The van der Waals surface area contributed by atoms with E-state index in [0.717, 1.165) is 25.1 Å². The summed E-state index contributed by atoms with van der Waals surface area (Å²) in [6.07, 6.45) is 5.97. The maximum Gasteiger partial charge on any atom is 0.246 e. The number of aromatic nitrogens is 1. The van der Waals surface area contributed by atoms with Gasteiger partial charge in [0.25, 0.3) is 0 Å². The Morgan fingerprint density at radius 3 is 2.68 bits per heavy atom. The lowest BCUT2D eigenvalue weighted by molar-refractivity contribution is -0.125. The summed E-state index contributed by atoms with van der Waals surface area (Å²) in [6.45, 7) is 2.97. The fourth-order valence-corrected chi connectivity index (χ4v) is 2.99. The third-order valence-corrected chi connectivity index (χ3v) is 4.28. The second kappa shape index (κ2) is 7.75. The van der Waals surface area contributed by atoms with Crippen LogP contribution < -0.4 is 5.32 Å². The van der Waals surface area contributed by atoms with E-state index in [1.807, 2.05) is 29.2 Å². The average molecular weight is 335 g/mol. The largest absolute Gasteiger partial charge is 0.339 e. The van der Waals surface area contributed by atoms with Crippen molar-refractivity contribution >= 4 is 23.7 Å². The van der Waals surface area contributed by atoms with E-state index in [2.05, 4.69) is 22.4 Å². The van der Waals surface area contributed by atoms with Crippen LogP contribution in [-0.2, 0) is 9.59 Å². The smallest absolute Gasteiger partial charge is 0.246 e. The molecule has 25 heavy (non-hydrogen) atoms. The van der Waals surface area contributed by atoms with E-state index in [4.69, 9.17) is 0 Å². The summed E-state index contributed by atoms with van der Waals surface area (Å²) in [5.74, 6) is 0.774. The number of benzene rings is 1. The van der Waals surface area contributed by atoms with E-state index in [1.165, 1.54) is 12.5 Å². The van der Waals surface area contributed by atoms with Crippen LogP contribution in [0.25, 0.3) is 6.08 Å². The number of hydrogen-bond acceptors (Lipinski definition) is 3. The molecule has 1 saturated heterocycles. The molecule has 1 aromatic heterocycles. The summed E-state index contributed by atoms with van der Waals surface area (Å²) < 4.78 is 0. The van der Waals surface area contributed by atoms with Crippen LogP contribution in [0.1, 0.15) is 30.4 Å². The van der Waals surface area contributed by atoms with E-state index in [0.29, 0.717) is 11.7 Å². The summed E-state index contributed by atoms with van der Waals surface area (Å²) in [4.78, 5) is 29.4. The molecule has 1 aromatic carbocycles. The number of pyridine rings is 1. The molecule has 5 heteroatoms. The molecular weight excluding hydrogens is 314 g/mol. The van der Waals surface area contributed by atoms with Crippen molar-refractivity contribution in [2.45, 2.75) is 19.3 Å². The summed E-state index contributed by atoms with van der Waals surface area (Å²) >= 11 is 0. The van der Waals surface area contributed by atoms with Crippen LogP contribution in [0.2, 0.25) is 0 Å². The first kappa shape index (κ1) is 16.9. The van der Waals surface area contributed by atoms with Crippen LogP contribution in [0.5, 0.6) is 0 Å². The van der Waals surface area contributed by atoms with Gasteiger partial charge in [0.05, 0.1) is 0 Å². The number of nitrogens with one attached hydrogen (secondary N) is 1. The SMILES string of the molecule is CC(=O)Nc1ccc(/C=C/C(=O)N2CC[C@@H](c3ccccc3)C2)cn1. The maximum atomic E-state index is 12.4. The number of rotatable bonds is 4. The Morgan fingerprint density at radius 1 is 1.20 bits per heavy atom. The molecule has 0 radical (unpaired) electrons. The second-order valence-corrected chi connectivity index (χ2v) is 6.17. The van der Waals surface area contributed by atoms with Crippen molar-refractivity contribution in [3.63, 3.8) is 0 Å². The molecule has 2 heterocycles. The summed E-state index contributed by atoms with van der Waals surface area (Å²) in [7, 11) is 0. The van der Waals surface area contributed by atoms with Crippen molar-refractivity contribution in [2.75, 3.05) is 18.4 Å². The van der Waals surface area contributed by atoms with Crippen LogP contribution in [0.15, 0.2) is 54.7 Å². The van der Waals surface area contributed by atoms with Crippen molar-refractivity contribution in [3.8, 4) is 0 Å². The topological polar surface area (TPSA) is 62.3 Å². The van der Waals surface area contributed by atoms with Gasteiger partial charge in [-0.25, -0.2) is 4.98 Å². The van der Waals surface area contributed by atoms with Gasteiger partial charge in [0, 0.05) is 38.2 Å². The number of carbonyl (C=O) groups excluding carboxylic acids is 2. The molecule has 3 rings (SSSR count). The molecule has 1 aliphatic rings. The third-order valence-electron chi connectivity index (χ3n) is 4.28. The highest BCUT2D eigenvalue weighted by Gasteiger charge is 2.25. The Labute approximate surface area is 147 Å². The molecule has 1 atom stereocenters. The first-order valence-corrected chi connectivity index (χ1v) is 8.37. The summed E-state index contributed by atoms with van der Waals surface area (Å²) in [5, 5.41) is 2.61. The average Bonchev–Trinajstić information content (AvgIpc) is 3.11. The lowest BCUT2D eigenvalue weighted by Gasteiger charge is -2.14. The highest BCUT2D eigenvalue weighted by atomic mass is 16.2. The first-order chi connectivity index (χ1) is 12.1. The third kappa shape index (κ3) is 4.53. The molecule has 2 aromatic rings.